The zero-order valence-electron chi connectivity index (χ0n) is 15.7. The highest BCUT2D eigenvalue weighted by Gasteiger charge is 2.43. The van der Waals surface area contributed by atoms with Crippen molar-refractivity contribution in [3.05, 3.63) is 144 Å². The first-order chi connectivity index (χ1) is 14.1. The summed E-state index contributed by atoms with van der Waals surface area (Å²) in [6, 6.07) is 40.9. The van der Waals surface area contributed by atoms with E-state index >= 15 is 0 Å². The molecule has 0 aliphatic rings. The molecule has 0 aliphatic heterocycles. The maximum Gasteiger partial charge on any atom is 0.176 e. The quantitative estimate of drug-likeness (QED) is 0.244. The molecular weight excluding hydrogens is 488 g/mol. The predicted octanol–water partition coefficient (Wildman–Crippen LogP) is 7.60. The number of alkyl halides is 2. The molecule has 1 nitrogen and oxygen atoms in total. The highest BCUT2D eigenvalue weighted by molar-refractivity contribution is 9.10. The molecule has 0 fully saturated rings. The topological polar surface area (TPSA) is 9.23 Å². The van der Waals surface area contributed by atoms with Crippen molar-refractivity contribution in [1.29, 1.82) is 0 Å². The molecular formula is C26H20Br2O. The van der Waals surface area contributed by atoms with Gasteiger partial charge in [-0.05, 0) is 54.1 Å². The van der Waals surface area contributed by atoms with Gasteiger partial charge in [-0.3, -0.25) is 0 Å². The van der Waals surface area contributed by atoms with Crippen molar-refractivity contribution in [1.82, 2.24) is 0 Å². The molecule has 0 spiro atoms. The predicted molar refractivity (Wildman–Crippen MR) is 126 cm³/mol. The number of halogens is 2. The lowest BCUT2D eigenvalue weighted by atomic mass is 9.97. The van der Waals surface area contributed by atoms with Gasteiger partial charge in [-0.15, -0.1) is 0 Å². The van der Waals surface area contributed by atoms with E-state index in [2.05, 4.69) is 80.4 Å². The molecule has 0 saturated carbocycles. The van der Waals surface area contributed by atoms with Gasteiger partial charge < -0.3 is 4.74 Å². The summed E-state index contributed by atoms with van der Waals surface area (Å²) in [4.78, 5) is 0. The van der Waals surface area contributed by atoms with Crippen molar-refractivity contribution in [2.24, 2.45) is 0 Å². The Balaban J connectivity index is 1.91. The van der Waals surface area contributed by atoms with Crippen molar-refractivity contribution in [2.45, 2.75) is 9.02 Å². The average molecular weight is 508 g/mol. The molecule has 0 aliphatic carbocycles. The van der Waals surface area contributed by atoms with E-state index in [-0.39, 0.29) is 0 Å². The number of hydrogen-bond donors (Lipinski definition) is 0. The molecule has 0 radical (unpaired) electrons. The molecule has 0 amide bonds. The molecule has 0 bridgehead atoms. The lowest BCUT2D eigenvalue weighted by molar-refractivity contribution is -0.00865. The number of rotatable bonds is 6. The van der Waals surface area contributed by atoms with Crippen LogP contribution in [0.25, 0.3) is 0 Å². The average Bonchev–Trinajstić information content (AvgIpc) is 2.81. The van der Waals surface area contributed by atoms with Gasteiger partial charge in [0.15, 0.2) is 9.02 Å². The molecule has 3 heteroatoms. The van der Waals surface area contributed by atoms with Crippen LogP contribution < -0.4 is 0 Å². The van der Waals surface area contributed by atoms with Gasteiger partial charge in [-0.2, -0.15) is 0 Å². The molecule has 144 valence electrons. The maximum absolute atomic E-state index is 7.00. The smallest absolute Gasteiger partial charge is 0.176 e. The van der Waals surface area contributed by atoms with Crippen LogP contribution in [0.1, 0.15) is 22.3 Å². The van der Waals surface area contributed by atoms with E-state index in [1.54, 1.807) is 0 Å². The second-order valence-corrected chi connectivity index (χ2v) is 8.99. The molecule has 4 rings (SSSR count). The summed E-state index contributed by atoms with van der Waals surface area (Å²) in [6.07, 6.45) is 0. The summed E-state index contributed by atoms with van der Waals surface area (Å²) >= 11 is 7.96. The second-order valence-electron chi connectivity index (χ2n) is 6.76. The largest absolute Gasteiger partial charge is 0.329 e. The van der Waals surface area contributed by atoms with Crippen molar-refractivity contribution in [3.8, 4) is 0 Å². The molecule has 0 unspecified atom stereocenters. The Morgan fingerprint density at radius 1 is 0.379 bits per heavy atom. The zero-order chi connectivity index (χ0) is 20.2. The van der Waals surface area contributed by atoms with Crippen LogP contribution >= 0.6 is 31.9 Å². The van der Waals surface area contributed by atoms with Crippen LogP contribution in [-0.4, -0.2) is 0 Å². The molecule has 29 heavy (non-hydrogen) atoms. The Labute approximate surface area is 188 Å². The minimum Gasteiger partial charge on any atom is -0.329 e. The lowest BCUT2D eigenvalue weighted by Crippen LogP contribution is -2.35. The molecule has 0 heterocycles. The first kappa shape index (κ1) is 20.1. The first-order valence-electron chi connectivity index (χ1n) is 9.43. The normalized spacial score (nSPS) is 11.9. The van der Waals surface area contributed by atoms with Crippen molar-refractivity contribution in [3.63, 3.8) is 0 Å². The monoisotopic (exact) mass is 506 g/mol. The Kier molecular flexibility index (Phi) is 6.00. The summed E-state index contributed by atoms with van der Waals surface area (Å²) in [5.74, 6) is 0. The number of hydrogen-bond acceptors (Lipinski definition) is 1. The fourth-order valence-corrected chi connectivity index (χ4v) is 5.13. The van der Waals surface area contributed by atoms with Gasteiger partial charge in [-0.25, -0.2) is 0 Å². The Bertz CT molecular complexity index is 869. The third-order valence-corrected chi connectivity index (χ3v) is 7.02. The van der Waals surface area contributed by atoms with Gasteiger partial charge in [0.1, 0.15) is 0 Å². The molecule has 0 atom stereocenters. The molecule has 4 aromatic rings. The number of benzene rings is 4. The molecule has 0 aromatic heterocycles. The minimum absolute atomic E-state index is 0.856. The minimum atomic E-state index is -0.856. The third-order valence-electron chi connectivity index (χ3n) is 4.86. The van der Waals surface area contributed by atoms with Gasteiger partial charge in [0.2, 0.25) is 0 Å². The lowest BCUT2D eigenvalue weighted by Gasteiger charge is -2.39. The summed E-state index contributed by atoms with van der Waals surface area (Å²) in [5.41, 5.74) is 4.06. The van der Waals surface area contributed by atoms with Crippen LogP contribution in [0.4, 0.5) is 0 Å². The van der Waals surface area contributed by atoms with Crippen molar-refractivity contribution in [2.75, 3.05) is 0 Å². The van der Waals surface area contributed by atoms with Gasteiger partial charge in [-0.1, -0.05) is 121 Å². The van der Waals surface area contributed by atoms with E-state index in [1.165, 1.54) is 0 Å². The maximum atomic E-state index is 7.00. The van der Waals surface area contributed by atoms with Crippen LogP contribution in [0.15, 0.2) is 121 Å². The van der Waals surface area contributed by atoms with E-state index in [1.807, 2.05) is 72.8 Å². The van der Waals surface area contributed by atoms with E-state index in [4.69, 9.17) is 4.74 Å². The van der Waals surface area contributed by atoms with Gasteiger partial charge >= 0.3 is 0 Å². The first-order valence-corrected chi connectivity index (χ1v) is 11.0. The van der Waals surface area contributed by atoms with E-state index in [9.17, 15) is 0 Å². The van der Waals surface area contributed by atoms with E-state index < -0.39 is 9.02 Å². The fourth-order valence-electron chi connectivity index (χ4n) is 3.37. The SMILES string of the molecule is BrC(OC(Br)(c1ccccc1)c1ccccc1)(c1ccccc1)c1ccccc1. The van der Waals surface area contributed by atoms with Gasteiger partial charge in [0, 0.05) is 0 Å². The standard InChI is InChI=1S/C26H20Br2O/c27-25(21-13-5-1-6-14-21,22-15-7-2-8-16-22)29-26(28,23-17-9-3-10-18-23)24-19-11-4-12-20-24/h1-20H. The zero-order valence-corrected chi connectivity index (χ0v) is 18.9. The van der Waals surface area contributed by atoms with E-state index in [0.717, 1.165) is 22.3 Å². The number of ether oxygens (including phenoxy) is 1. The van der Waals surface area contributed by atoms with Crippen LogP contribution in [-0.2, 0) is 13.8 Å². The second kappa shape index (κ2) is 8.66. The summed E-state index contributed by atoms with van der Waals surface area (Å²) < 4.78 is 5.29. The van der Waals surface area contributed by atoms with Crippen LogP contribution in [0.3, 0.4) is 0 Å². The van der Waals surface area contributed by atoms with Crippen LogP contribution in [0, 0.1) is 0 Å². The highest BCUT2D eigenvalue weighted by atomic mass is 79.9. The van der Waals surface area contributed by atoms with E-state index in [0.29, 0.717) is 0 Å². The summed E-state index contributed by atoms with van der Waals surface area (Å²) in [5, 5.41) is 0. The molecule has 0 saturated heterocycles. The van der Waals surface area contributed by atoms with Crippen LogP contribution in [0.2, 0.25) is 0 Å². The molecule has 4 aromatic carbocycles. The third kappa shape index (κ3) is 4.09. The van der Waals surface area contributed by atoms with Gasteiger partial charge in [0.05, 0.1) is 0 Å². The van der Waals surface area contributed by atoms with Gasteiger partial charge in [0.25, 0.3) is 0 Å². The fraction of sp³-hybridized carbons (Fsp3) is 0.0769. The Hall–Kier alpha value is -2.20. The van der Waals surface area contributed by atoms with Crippen LogP contribution in [0.5, 0.6) is 0 Å². The Morgan fingerprint density at radius 3 is 0.793 bits per heavy atom. The molecule has 0 N–H and O–H groups in total. The summed E-state index contributed by atoms with van der Waals surface area (Å²) in [6.45, 7) is 0. The highest BCUT2D eigenvalue weighted by Crippen LogP contribution is 2.50. The Morgan fingerprint density at radius 2 is 0.586 bits per heavy atom. The summed E-state index contributed by atoms with van der Waals surface area (Å²) in [7, 11) is 0. The van der Waals surface area contributed by atoms with Crippen molar-refractivity contribution >= 4 is 31.9 Å². The van der Waals surface area contributed by atoms with Crippen molar-refractivity contribution < 1.29 is 4.74 Å².